The fourth-order valence-corrected chi connectivity index (χ4v) is 2.39. The summed E-state index contributed by atoms with van der Waals surface area (Å²) in [6, 6.07) is 14.6. The number of para-hydroxylation sites is 1. The molecular weight excluding hydrogens is 308 g/mol. The van der Waals surface area contributed by atoms with Crippen LogP contribution in [0.25, 0.3) is 16.8 Å². The number of hydrogen-bond donors (Lipinski definition) is 2. The Morgan fingerprint density at radius 1 is 1.08 bits per heavy atom. The summed E-state index contributed by atoms with van der Waals surface area (Å²) in [5.41, 5.74) is 3.05. The minimum Gasteiger partial charge on any atom is -0.476 e. The predicted octanol–water partition coefficient (Wildman–Crippen LogP) is 2.59. The molecule has 0 aliphatic carbocycles. The molecule has 120 valence electrons. The van der Waals surface area contributed by atoms with E-state index in [9.17, 15) is 9.59 Å². The number of benzene rings is 2. The van der Waals surface area contributed by atoms with E-state index in [2.05, 4.69) is 15.6 Å². The Bertz CT molecular complexity index is 900. The van der Waals surface area contributed by atoms with Crippen molar-refractivity contribution in [3.05, 3.63) is 60.4 Å². The molecule has 0 unspecified atom stereocenters. The minimum atomic E-state index is -1.10. The Labute approximate surface area is 137 Å². The van der Waals surface area contributed by atoms with Gasteiger partial charge in [0.05, 0.1) is 11.9 Å². The van der Waals surface area contributed by atoms with Crippen LogP contribution in [0.4, 0.5) is 5.69 Å². The van der Waals surface area contributed by atoms with Crippen molar-refractivity contribution in [2.75, 3.05) is 5.32 Å². The standard InChI is InChI=1S/C17H14N4O3/c1-11(22)19-15-5-3-2-4-14(15)12-6-8-13(9-7-12)21-16(17(23)24)10-18-20-21/h2-10H,1H3,(H,19,22)(H,23,24). The maximum absolute atomic E-state index is 11.3. The summed E-state index contributed by atoms with van der Waals surface area (Å²) in [5.74, 6) is -1.24. The second kappa shape index (κ2) is 6.33. The topological polar surface area (TPSA) is 97.1 Å². The number of carboxylic acid groups (broad SMARTS) is 1. The summed E-state index contributed by atoms with van der Waals surface area (Å²) in [5, 5.41) is 19.3. The fraction of sp³-hybridized carbons (Fsp3) is 0.0588. The lowest BCUT2D eigenvalue weighted by molar-refractivity contribution is -0.114. The summed E-state index contributed by atoms with van der Waals surface area (Å²) in [4.78, 5) is 22.5. The van der Waals surface area contributed by atoms with Crippen molar-refractivity contribution >= 4 is 17.6 Å². The first kappa shape index (κ1) is 15.4. The van der Waals surface area contributed by atoms with Gasteiger partial charge >= 0.3 is 5.97 Å². The van der Waals surface area contributed by atoms with E-state index in [-0.39, 0.29) is 11.6 Å². The van der Waals surface area contributed by atoms with Gasteiger partial charge in [0.15, 0.2) is 5.69 Å². The average Bonchev–Trinajstić information content (AvgIpc) is 3.05. The number of aromatic nitrogens is 3. The summed E-state index contributed by atoms with van der Waals surface area (Å²) < 4.78 is 1.26. The van der Waals surface area contributed by atoms with Gasteiger partial charge in [-0.25, -0.2) is 9.48 Å². The normalized spacial score (nSPS) is 10.4. The van der Waals surface area contributed by atoms with Gasteiger partial charge < -0.3 is 10.4 Å². The van der Waals surface area contributed by atoms with Crippen LogP contribution >= 0.6 is 0 Å². The molecule has 0 spiro atoms. The van der Waals surface area contributed by atoms with E-state index in [0.717, 1.165) is 11.1 Å². The lowest BCUT2D eigenvalue weighted by Crippen LogP contribution is -2.08. The molecule has 7 nitrogen and oxygen atoms in total. The second-order valence-corrected chi connectivity index (χ2v) is 5.11. The zero-order valence-corrected chi connectivity index (χ0v) is 12.8. The molecular formula is C17H14N4O3. The molecule has 1 heterocycles. The van der Waals surface area contributed by atoms with E-state index in [1.165, 1.54) is 17.8 Å². The number of carbonyl (C=O) groups is 2. The van der Waals surface area contributed by atoms with Gasteiger partial charge in [0.25, 0.3) is 0 Å². The quantitative estimate of drug-likeness (QED) is 0.769. The minimum absolute atomic E-state index is 0.0126. The van der Waals surface area contributed by atoms with Crippen LogP contribution in [0.5, 0.6) is 0 Å². The van der Waals surface area contributed by atoms with E-state index in [0.29, 0.717) is 11.4 Å². The third-order valence-corrected chi connectivity index (χ3v) is 3.43. The highest BCUT2D eigenvalue weighted by molar-refractivity contribution is 5.94. The molecule has 0 bridgehead atoms. The number of carboxylic acids is 1. The molecule has 2 aromatic carbocycles. The number of carbonyl (C=O) groups excluding carboxylic acids is 1. The third kappa shape index (κ3) is 3.00. The van der Waals surface area contributed by atoms with Crippen molar-refractivity contribution in [1.82, 2.24) is 15.0 Å². The molecule has 0 fully saturated rings. The van der Waals surface area contributed by atoms with Crippen LogP contribution in [0, 0.1) is 0 Å². The van der Waals surface area contributed by atoms with Crippen molar-refractivity contribution in [1.29, 1.82) is 0 Å². The SMILES string of the molecule is CC(=O)Nc1ccccc1-c1ccc(-n2nncc2C(=O)O)cc1. The molecule has 0 radical (unpaired) electrons. The van der Waals surface area contributed by atoms with Gasteiger partial charge in [-0.2, -0.15) is 0 Å². The third-order valence-electron chi connectivity index (χ3n) is 3.43. The lowest BCUT2D eigenvalue weighted by atomic mass is 10.0. The molecule has 3 rings (SSSR count). The van der Waals surface area contributed by atoms with Gasteiger partial charge in [-0.3, -0.25) is 4.79 Å². The van der Waals surface area contributed by atoms with Crippen LogP contribution in [0.15, 0.2) is 54.7 Å². The van der Waals surface area contributed by atoms with Crippen LogP contribution in [-0.4, -0.2) is 32.0 Å². The Morgan fingerprint density at radius 3 is 2.46 bits per heavy atom. The van der Waals surface area contributed by atoms with E-state index in [1.807, 2.05) is 36.4 Å². The van der Waals surface area contributed by atoms with Gasteiger partial charge in [-0.1, -0.05) is 35.5 Å². The highest BCUT2D eigenvalue weighted by Crippen LogP contribution is 2.28. The first-order valence-electron chi connectivity index (χ1n) is 7.17. The molecule has 1 amide bonds. The number of hydrogen-bond acceptors (Lipinski definition) is 4. The zero-order valence-electron chi connectivity index (χ0n) is 12.8. The Kier molecular flexibility index (Phi) is 4.07. The van der Waals surface area contributed by atoms with Crippen LogP contribution in [0.3, 0.4) is 0 Å². The monoisotopic (exact) mass is 322 g/mol. The maximum atomic E-state index is 11.3. The van der Waals surface area contributed by atoms with Crippen molar-refractivity contribution in [3.8, 4) is 16.8 Å². The molecule has 0 atom stereocenters. The molecule has 1 aromatic heterocycles. The number of anilines is 1. The van der Waals surface area contributed by atoms with Gasteiger partial charge in [0.1, 0.15) is 0 Å². The fourth-order valence-electron chi connectivity index (χ4n) is 2.39. The molecule has 0 saturated carbocycles. The van der Waals surface area contributed by atoms with Gasteiger partial charge in [0, 0.05) is 18.2 Å². The first-order chi connectivity index (χ1) is 11.6. The smallest absolute Gasteiger partial charge is 0.356 e. The van der Waals surface area contributed by atoms with Gasteiger partial charge in [-0.05, 0) is 23.8 Å². The molecule has 7 heteroatoms. The number of amides is 1. The molecule has 0 saturated heterocycles. The Hall–Kier alpha value is -3.48. The number of rotatable bonds is 4. The largest absolute Gasteiger partial charge is 0.476 e. The van der Waals surface area contributed by atoms with Crippen LogP contribution in [0.1, 0.15) is 17.4 Å². The Balaban J connectivity index is 1.97. The van der Waals surface area contributed by atoms with Crippen molar-refractivity contribution in [3.63, 3.8) is 0 Å². The van der Waals surface area contributed by atoms with Crippen molar-refractivity contribution < 1.29 is 14.7 Å². The number of nitrogens with one attached hydrogen (secondary N) is 1. The van der Waals surface area contributed by atoms with Crippen LogP contribution in [-0.2, 0) is 4.79 Å². The Morgan fingerprint density at radius 2 is 1.79 bits per heavy atom. The summed E-state index contributed by atoms with van der Waals surface area (Å²) in [6.07, 6.45) is 1.20. The second-order valence-electron chi connectivity index (χ2n) is 5.11. The summed E-state index contributed by atoms with van der Waals surface area (Å²) in [7, 11) is 0. The molecule has 2 N–H and O–H groups in total. The van der Waals surface area contributed by atoms with Gasteiger partial charge in [0.2, 0.25) is 5.91 Å². The van der Waals surface area contributed by atoms with Crippen LogP contribution < -0.4 is 5.32 Å². The molecule has 3 aromatic rings. The van der Waals surface area contributed by atoms with Gasteiger partial charge in [-0.15, -0.1) is 5.10 Å². The highest BCUT2D eigenvalue weighted by Gasteiger charge is 2.13. The van der Waals surface area contributed by atoms with E-state index in [4.69, 9.17) is 5.11 Å². The summed E-state index contributed by atoms with van der Waals surface area (Å²) >= 11 is 0. The zero-order chi connectivity index (χ0) is 17.1. The molecule has 0 aliphatic heterocycles. The summed E-state index contributed by atoms with van der Waals surface area (Å²) in [6.45, 7) is 1.46. The van der Waals surface area contributed by atoms with Crippen molar-refractivity contribution in [2.45, 2.75) is 6.92 Å². The molecule has 0 aliphatic rings. The first-order valence-corrected chi connectivity index (χ1v) is 7.17. The van der Waals surface area contributed by atoms with Crippen molar-refractivity contribution in [2.24, 2.45) is 0 Å². The molecule has 24 heavy (non-hydrogen) atoms. The number of nitrogens with zero attached hydrogens (tertiary/aromatic N) is 3. The lowest BCUT2D eigenvalue weighted by Gasteiger charge is -2.11. The highest BCUT2D eigenvalue weighted by atomic mass is 16.4. The average molecular weight is 322 g/mol. The van der Waals surface area contributed by atoms with E-state index < -0.39 is 5.97 Å². The van der Waals surface area contributed by atoms with Crippen LogP contribution in [0.2, 0.25) is 0 Å². The van der Waals surface area contributed by atoms with E-state index in [1.54, 1.807) is 12.1 Å². The maximum Gasteiger partial charge on any atom is 0.356 e. The number of aromatic carboxylic acids is 1. The predicted molar refractivity (Wildman–Crippen MR) is 88.1 cm³/mol. The van der Waals surface area contributed by atoms with E-state index >= 15 is 0 Å².